The Bertz CT molecular complexity index is 617. The van der Waals surface area contributed by atoms with Gasteiger partial charge < -0.3 is 30.7 Å². The monoisotopic (exact) mass is 420 g/mol. The van der Waals surface area contributed by atoms with Crippen LogP contribution in [-0.2, 0) is 9.47 Å². The number of aliphatic hydroxyl groups excluding tert-OH is 1. The van der Waals surface area contributed by atoms with Crippen molar-refractivity contribution in [3.8, 4) is 0 Å². The topological polar surface area (TPSA) is 123 Å². The number of hydrogen-bond donors (Lipinski definition) is 4. The highest BCUT2D eigenvalue weighted by Crippen LogP contribution is 2.33. The van der Waals surface area contributed by atoms with E-state index in [0.717, 1.165) is 12.2 Å². The van der Waals surface area contributed by atoms with Gasteiger partial charge in [0.05, 0.1) is 31.5 Å². The number of nitrogen functional groups attached to an aromatic ring is 1. The number of rotatable bonds is 10. The first-order valence-electron chi connectivity index (χ1n) is 9.08. The number of thioether (sulfide) groups is 1. The second kappa shape index (κ2) is 10.1. The first-order valence-corrected chi connectivity index (χ1v) is 10.4. The molecule has 0 aliphatic heterocycles. The van der Waals surface area contributed by atoms with Crippen molar-refractivity contribution in [3.63, 3.8) is 0 Å². The molecule has 3 atom stereocenters. The Balaban J connectivity index is 2.17. The lowest BCUT2D eigenvalue weighted by Crippen LogP contribution is -2.38. The van der Waals surface area contributed by atoms with Crippen molar-refractivity contribution in [3.05, 3.63) is 5.15 Å². The van der Waals surface area contributed by atoms with E-state index in [2.05, 4.69) is 22.2 Å². The van der Waals surface area contributed by atoms with Crippen molar-refractivity contribution in [1.29, 1.82) is 0 Å². The summed E-state index contributed by atoms with van der Waals surface area (Å²) in [6.07, 6.45) is 1.78. The number of aliphatic hydroxyl groups is 2. The summed E-state index contributed by atoms with van der Waals surface area (Å²) in [7, 11) is 0. The molecule has 1 heterocycles. The molecular weight excluding hydrogens is 392 g/mol. The molecule has 1 unspecified atom stereocenters. The zero-order valence-corrected chi connectivity index (χ0v) is 17.5. The van der Waals surface area contributed by atoms with Gasteiger partial charge in [0, 0.05) is 12.2 Å². The SMILES string of the molecule is CCCSc1nc(Cl)c(N)c(N[C@@H]2C[C@H](OCCO)CC2OC(C)(C)O)n1. The fourth-order valence-electron chi connectivity index (χ4n) is 2.93. The van der Waals surface area contributed by atoms with Crippen molar-refractivity contribution < 1.29 is 19.7 Å². The maximum atomic E-state index is 10.1. The number of ether oxygens (including phenoxy) is 2. The van der Waals surface area contributed by atoms with Gasteiger partial charge in [-0.25, -0.2) is 9.97 Å². The molecule has 1 fully saturated rings. The quantitative estimate of drug-likeness (QED) is 0.195. The third-order valence-corrected chi connectivity index (χ3v) is 5.32. The Morgan fingerprint density at radius 3 is 2.74 bits per heavy atom. The summed E-state index contributed by atoms with van der Waals surface area (Å²) in [5.74, 6) is 0.0451. The van der Waals surface area contributed by atoms with E-state index in [1.54, 1.807) is 13.8 Å². The Morgan fingerprint density at radius 1 is 1.37 bits per heavy atom. The zero-order valence-electron chi connectivity index (χ0n) is 15.9. The highest BCUT2D eigenvalue weighted by atomic mass is 35.5. The first kappa shape index (κ1) is 22.4. The third kappa shape index (κ3) is 6.92. The van der Waals surface area contributed by atoms with Gasteiger partial charge in [0.25, 0.3) is 0 Å². The molecule has 1 aliphatic carbocycles. The molecule has 1 aliphatic rings. The maximum absolute atomic E-state index is 10.1. The molecule has 0 saturated heterocycles. The van der Waals surface area contributed by atoms with Crippen LogP contribution in [0.5, 0.6) is 0 Å². The molecule has 1 saturated carbocycles. The Labute approximate surface area is 169 Å². The van der Waals surface area contributed by atoms with Crippen LogP contribution in [0.15, 0.2) is 5.16 Å². The molecule has 154 valence electrons. The molecule has 27 heavy (non-hydrogen) atoms. The summed E-state index contributed by atoms with van der Waals surface area (Å²) in [4.78, 5) is 8.69. The van der Waals surface area contributed by atoms with Gasteiger partial charge in [-0.15, -0.1) is 0 Å². The first-order chi connectivity index (χ1) is 12.7. The number of nitrogens with two attached hydrogens (primary N) is 1. The lowest BCUT2D eigenvalue weighted by molar-refractivity contribution is -0.206. The van der Waals surface area contributed by atoms with E-state index in [1.165, 1.54) is 11.8 Å². The van der Waals surface area contributed by atoms with Gasteiger partial charge in [0.15, 0.2) is 21.9 Å². The molecule has 1 aromatic heterocycles. The molecule has 0 radical (unpaired) electrons. The van der Waals surface area contributed by atoms with Crippen LogP contribution in [0.2, 0.25) is 5.15 Å². The summed E-state index contributed by atoms with van der Waals surface area (Å²) >= 11 is 7.68. The summed E-state index contributed by atoms with van der Waals surface area (Å²) in [5.41, 5.74) is 6.34. The van der Waals surface area contributed by atoms with Gasteiger partial charge >= 0.3 is 0 Å². The minimum Gasteiger partial charge on any atom is -0.394 e. The summed E-state index contributed by atoms with van der Waals surface area (Å²) in [5, 5.41) is 23.1. The van der Waals surface area contributed by atoms with Crippen LogP contribution in [0, 0.1) is 0 Å². The Morgan fingerprint density at radius 2 is 2.11 bits per heavy atom. The summed E-state index contributed by atoms with van der Waals surface area (Å²) in [6, 6.07) is -0.183. The normalized spacial score (nSPS) is 23.0. The Hall–Kier alpha value is -0.840. The number of hydrogen-bond acceptors (Lipinski definition) is 9. The van der Waals surface area contributed by atoms with Crippen LogP contribution < -0.4 is 11.1 Å². The Kier molecular flexibility index (Phi) is 8.39. The molecular formula is C17H29ClN4O4S. The van der Waals surface area contributed by atoms with Crippen LogP contribution in [0.3, 0.4) is 0 Å². The minimum absolute atomic E-state index is 0.0436. The highest BCUT2D eigenvalue weighted by molar-refractivity contribution is 7.99. The standard InChI is InChI=1S/C17H29ClN4O4S/c1-4-7-27-16-21-14(18)13(19)15(22-16)20-11-8-10(25-6-5-23)9-12(11)26-17(2,3)24/h10-12,23-24H,4-9,19H2,1-3H3,(H,20,21,22)/t10-,11+,12?/m0/s1. The largest absolute Gasteiger partial charge is 0.394 e. The number of anilines is 2. The van der Waals surface area contributed by atoms with E-state index in [9.17, 15) is 5.11 Å². The number of halogens is 1. The molecule has 0 amide bonds. The smallest absolute Gasteiger partial charge is 0.191 e. The van der Waals surface area contributed by atoms with Gasteiger partial charge in [-0.2, -0.15) is 0 Å². The summed E-state index contributed by atoms with van der Waals surface area (Å²) < 4.78 is 11.4. The van der Waals surface area contributed by atoms with E-state index >= 15 is 0 Å². The van der Waals surface area contributed by atoms with Crippen LogP contribution in [0.25, 0.3) is 0 Å². The fraction of sp³-hybridized carbons (Fsp3) is 0.765. The van der Waals surface area contributed by atoms with E-state index in [4.69, 9.17) is 31.9 Å². The number of nitrogens with zero attached hydrogens (tertiary/aromatic N) is 2. The highest BCUT2D eigenvalue weighted by Gasteiger charge is 2.39. The van der Waals surface area contributed by atoms with Gasteiger partial charge in [-0.05, 0) is 26.7 Å². The number of aromatic nitrogens is 2. The van der Waals surface area contributed by atoms with Crippen molar-refractivity contribution in [2.45, 2.75) is 69.2 Å². The molecule has 1 aromatic rings. The molecule has 5 N–H and O–H groups in total. The average molecular weight is 421 g/mol. The van der Waals surface area contributed by atoms with Gasteiger partial charge in [0.1, 0.15) is 5.69 Å². The van der Waals surface area contributed by atoms with Crippen LogP contribution in [0.1, 0.15) is 40.0 Å². The van der Waals surface area contributed by atoms with Crippen molar-refractivity contribution in [2.75, 3.05) is 30.0 Å². The second-order valence-electron chi connectivity index (χ2n) is 6.95. The van der Waals surface area contributed by atoms with Crippen LogP contribution in [-0.4, -0.2) is 63.2 Å². The van der Waals surface area contributed by atoms with Crippen LogP contribution >= 0.6 is 23.4 Å². The van der Waals surface area contributed by atoms with Crippen molar-refractivity contribution in [1.82, 2.24) is 9.97 Å². The maximum Gasteiger partial charge on any atom is 0.191 e. The van der Waals surface area contributed by atoms with E-state index in [1.807, 2.05) is 0 Å². The molecule has 8 nitrogen and oxygen atoms in total. The predicted octanol–water partition coefficient (Wildman–Crippen LogP) is 2.28. The van der Waals surface area contributed by atoms with Gasteiger partial charge in [-0.1, -0.05) is 30.3 Å². The van der Waals surface area contributed by atoms with Gasteiger partial charge in [-0.3, -0.25) is 0 Å². The molecule has 2 rings (SSSR count). The minimum atomic E-state index is -1.28. The lowest BCUT2D eigenvalue weighted by atomic mass is 10.2. The second-order valence-corrected chi connectivity index (χ2v) is 8.37. The molecule has 0 bridgehead atoms. The molecule has 0 aromatic carbocycles. The van der Waals surface area contributed by atoms with E-state index < -0.39 is 5.79 Å². The van der Waals surface area contributed by atoms with E-state index in [0.29, 0.717) is 23.8 Å². The lowest BCUT2D eigenvalue weighted by Gasteiger charge is -2.28. The third-order valence-electron chi connectivity index (χ3n) is 3.98. The van der Waals surface area contributed by atoms with E-state index in [-0.39, 0.29) is 42.3 Å². The number of nitrogens with one attached hydrogen (secondary N) is 1. The fourth-order valence-corrected chi connectivity index (χ4v) is 3.85. The molecule has 0 spiro atoms. The average Bonchev–Trinajstić information content (AvgIpc) is 2.95. The van der Waals surface area contributed by atoms with Crippen molar-refractivity contribution >= 4 is 34.9 Å². The summed E-state index contributed by atoms with van der Waals surface area (Å²) in [6.45, 7) is 5.46. The van der Waals surface area contributed by atoms with Crippen LogP contribution in [0.4, 0.5) is 11.5 Å². The molecule has 10 heteroatoms. The predicted molar refractivity (Wildman–Crippen MR) is 107 cm³/mol. The van der Waals surface area contributed by atoms with Gasteiger partial charge in [0.2, 0.25) is 0 Å². The van der Waals surface area contributed by atoms with Crippen molar-refractivity contribution in [2.24, 2.45) is 0 Å². The zero-order chi connectivity index (χ0) is 20.0.